The molecule has 0 amide bonds. The SMILES string of the molecule is CCC1CN(CC(CC)(CC)CS)CCCO1. The molecule has 1 saturated heterocycles. The van der Waals surface area contributed by atoms with Crippen LogP contribution in [0.5, 0.6) is 0 Å². The van der Waals surface area contributed by atoms with Crippen LogP contribution in [0, 0.1) is 5.41 Å². The van der Waals surface area contributed by atoms with Crippen LogP contribution in [-0.2, 0) is 4.74 Å². The molecule has 0 bridgehead atoms. The molecular formula is C14H29NOS. The van der Waals surface area contributed by atoms with E-state index in [2.05, 4.69) is 38.3 Å². The smallest absolute Gasteiger partial charge is 0.0699 e. The van der Waals surface area contributed by atoms with Crippen LogP contribution >= 0.6 is 12.6 Å². The number of nitrogens with zero attached hydrogens (tertiary/aromatic N) is 1. The van der Waals surface area contributed by atoms with E-state index < -0.39 is 0 Å². The average molecular weight is 259 g/mol. The molecule has 1 rings (SSSR count). The Morgan fingerprint density at radius 3 is 2.53 bits per heavy atom. The maximum Gasteiger partial charge on any atom is 0.0699 e. The Kier molecular flexibility index (Phi) is 6.90. The van der Waals surface area contributed by atoms with Crippen molar-refractivity contribution in [1.82, 2.24) is 4.90 Å². The molecule has 1 aliphatic heterocycles. The van der Waals surface area contributed by atoms with Crippen molar-refractivity contribution in [2.24, 2.45) is 5.41 Å². The maximum absolute atomic E-state index is 5.84. The van der Waals surface area contributed by atoms with E-state index in [1.807, 2.05) is 0 Å². The minimum Gasteiger partial charge on any atom is -0.377 e. The van der Waals surface area contributed by atoms with Gasteiger partial charge in [-0.05, 0) is 36.9 Å². The fourth-order valence-corrected chi connectivity index (χ4v) is 3.13. The first-order valence-corrected chi connectivity index (χ1v) is 7.77. The zero-order valence-electron chi connectivity index (χ0n) is 11.7. The summed E-state index contributed by atoms with van der Waals surface area (Å²) in [7, 11) is 0. The van der Waals surface area contributed by atoms with Crippen LogP contribution in [0.3, 0.4) is 0 Å². The first kappa shape index (κ1) is 15.3. The third kappa shape index (κ3) is 4.46. The van der Waals surface area contributed by atoms with Crippen LogP contribution in [0.4, 0.5) is 0 Å². The predicted molar refractivity (Wildman–Crippen MR) is 78.0 cm³/mol. The fourth-order valence-electron chi connectivity index (χ4n) is 2.58. The van der Waals surface area contributed by atoms with Crippen molar-refractivity contribution in [3.63, 3.8) is 0 Å². The molecule has 0 aromatic carbocycles. The van der Waals surface area contributed by atoms with Gasteiger partial charge in [0.2, 0.25) is 0 Å². The van der Waals surface area contributed by atoms with Gasteiger partial charge in [-0.2, -0.15) is 12.6 Å². The molecule has 1 fully saturated rings. The minimum absolute atomic E-state index is 0.395. The Morgan fingerprint density at radius 1 is 1.29 bits per heavy atom. The second-order valence-electron chi connectivity index (χ2n) is 5.35. The van der Waals surface area contributed by atoms with Crippen LogP contribution in [0.25, 0.3) is 0 Å². The highest BCUT2D eigenvalue weighted by molar-refractivity contribution is 7.80. The van der Waals surface area contributed by atoms with Crippen LogP contribution in [-0.4, -0.2) is 43.0 Å². The Bertz CT molecular complexity index is 198. The molecular weight excluding hydrogens is 230 g/mol. The van der Waals surface area contributed by atoms with Gasteiger partial charge < -0.3 is 9.64 Å². The summed E-state index contributed by atoms with van der Waals surface area (Å²) in [5, 5.41) is 0. The monoisotopic (exact) mass is 259 g/mol. The van der Waals surface area contributed by atoms with Crippen molar-refractivity contribution in [2.75, 3.05) is 32.0 Å². The Labute approximate surface area is 113 Å². The van der Waals surface area contributed by atoms with E-state index >= 15 is 0 Å². The van der Waals surface area contributed by atoms with E-state index in [-0.39, 0.29) is 0 Å². The van der Waals surface area contributed by atoms with E-state index in [0.29, 0.717) is 11.5 Å². The lowest BCUT2D eigenvalue weighted by Crippen LogP contribution is -2.41. The summed E-state index contributed by atoms with van der Waals surface area (Å²) in [6, 6.07) is 0. The molecule has 102 valence electrons. The number of ether oxygens (including phenoxy) is 1. The Morgan fingerprint density at radius 2 is 2.00 bits per heavy atom. The first-order valence-electron chi connectivity index (χ1n) is 7.14. The van der Waals surface area contributed by atoms with Gasteiger partial charge in [-0.3, -0.25) is 0 Å². The van der Waals surface area contributed by atoms with E-state index in [0.717, 1.165) is 25.3 Å². The van der Waals surface area contributed by atoms with E-state index in [1.165, 1.54) is 32.4 Å². The lowest BCUT2D eigenvalue weighted by molar-refractivity contribution is 0.0452. The molecule has 0 aromatic rings. The average Bonchev–Trinajstić information content (AvgIpc) is 2.61. The second-order valence-corrected chi connectivity index (χ2v) is 5.67. The van der Waals surface area contributed by atoms with Crippen molar-refractivity contribution in [2.45, 2.75) is 52.6 Å². The number of hydrogen-bond donors (Lipinski definition) is 1. The van der Waals surface area contributed by atoms with Gasteiger partial charge in [0.05, 0.1) is 6.10 Å². The lowest BCUT2D eigenvalue weighted by Gasteiger charge is -2.36. The third-order valence-corrected chi connectivity index (χ3v) is 4.95. The molecule has 17 heavy (non-hydrogen) atoms. The van der Waals surface area contributed by atoms with Crippen molar-refractivity contribution in [3.8, 4) is 0 Å². The molecule has 1 unspecified atom stereocenters. The highest BCUT2D eigenvalue weighted by atomic mass is 32.1. The van der Waals surface area contributed by atoms with E-state index in [1.54, 1.807) is 0 Å². The molecule has 3 heteroatoms. The van der Waals surface area contributed by atoms with E-state index in [4.69, 9.17) is 4.74 Å². The Balaban J connectivity index is 2.58. The molecule has 0 spiro atoms. The number of rotatable bonds is 6. The molecule has 0 aromatic heterocycles. The summed E-state index contributed by atoms with van der Waals surface area (Å²) in [5.74, 6) is 0.994. The summed E-state index contributed by atoms with van der Waals surface area (Å²) in [6.45, 7) is 11.2. The van der Waals surface area contributed by atoms with Gasteiger partial charge in [0.15, 0.2) is 0 Å². The summed E-state index contributed by atoms with van der Waals surface area (Å²) in [4.78, 5) is 2.60. The fraction of sp³-hybridized carbons (Fsp3) is 1.00. The maximum atomic E-state index is 5.84. The van der Waals surface area contributed by atoms with Gasteiger partial charge in [0.25, 0.3) is 0 Å². The van der Waals surface area contributed by atoms with Crippen LogP contribution < -0.4 is 0 Å². The third-order valence-electron chi connectivity index (χ3n) is 4.28. The zero-order chi connectivity index (χ0) is 12.7. The molecule has 2 nitrogen and oxygen atoms in total. The van der Waals surface area contributed by atoms with Crippen molar-refractivity contribution in [1.29, 1.82) is 0 Å². The van der Waals surface area contributed by atoms with Crippen LogP contribution in [0.1, 0.15) is 46.5 Å². The van der Waals surface area contributed by atoms with Gasteiger partial charge in [-0.1, -0.05) is 20.8 Å². The van der Waals surface area contributed by atoms with Gasteiger partial charge >= 0.3 is 0 Å². The second kappa shape index (κ2) is 7.65. The molecule has 1 heterocycles. The molecule has 1 aliphatic rings. The van der Waals surface area contributed by atoms with Crippen molar-refractivity contribution in [3.05, 3.63) is 0 Å². The van der Waals surface area contributed by atoms with Gasteiger partial charge in [-0.15, -0.1) is 0 Å². The molecule has 0 aliphatic carbocycles. The molecule has 0 radical (unpaired) electrons. The largest absolute Gasteiger partial charge is 0.377 e. The topological polar surface area (TPSA) is 12.5 Å². The predicted octanol–water partition coefficient (Wildman–Crippen LogP) is 3.22. The molecule has 0 saturated carbocycles. The minimum atomic E-state index is 0.395. The Hall–Kier alpha value is 0.270. The van der Waals surface area contributed by atoms with Crippen LogP contribution in [0.2, 0.25) is 0 Å². The molecule has 0 N–H and O–H groups in total. The summed E-state index contributed by atoms with van der Waals surface area (Å²) in [6.07, 6.45) is 5.18. The van der Waals surface area contributed by atoms with Crippen molar-refractivity contribution >= 4 is 12.6 Å². The normalized spacial score (nSPS) is 23.6. The van der Waals surface area contributed by atoms with E-state index in [9.17, 15) is 0 Å². The summed E-state index contributed by atoms with van der Waals surface area (Å²) >= 11 is 4.58. The highest BCUT2D eigenvalue weighted by Crippen LogP contribution is 2.29. The van der Waals surface area contributed by atoms with Crippen LogP contribution in [0.15, 0.2) is 0 Å². The zero-order valence-corrected chi connectivity index (χ0v) is 12.6. The number of thiol groups is 1. The van der Waals surface area contributed by atoms with Gasteiger partial charge in [0.1, 0.15) is 0 Å². The van der Waals surface area contributed by atoms with Gasteiger partial charge in [-0.25, -0.2) is 0 Å². The highest BCUT2D eigenvalue weighted by Gasteiger charge is 2.29. The first-order chi connectivity index (χ1) is 8.19. The lowest BCUT2D eigenvalue weighted by atomic mass is 9.83. The standard InChI is InChI=1S/C14H29NOS/c1-4-13-10-15(8-7-9-16-13)11-14(5-2,6-3)12-17/h13,17H,4-12H2,1-3H3. The van der Waals surface area contributed by atoms with Crippen molar-refractivity contribution < 1.29 is 4.74 Å². The number of hydrogen-bond acceptors (Lipinski definition) is 3. The summed E-state index contributed by atoms with van der Waals surface area (Å²) < 4.78 is 5.84. The summed E-state index contributed by atoms with van der Waals surface area (Å²) in [5.41, 5.74) is 0.395. The quantitative estimate of drug-likeness (QED) is 0.735. The molecule has 1 atom stereocenters. The van der Waals surface area contributed by atoms with Gasteiger partial charge in [0, 0.05) is 26.2 Å².